The van der Waals surface area contributed by atoms with Crippen molar-refractivity contribution < 1.29 is 4.74 Å². The van der Waals surface area contributed by atoms with Crippen LogP contribution in [0.15, 0.2) is 47.4 Å². The summed E-state index contributed by atoms with van der Waals surface area (Å²) in [5.74, 6) is 0.973. The van der Waals surface area contributed by atoms with Crippen LogP contribution in [0.1, 0.15) is 11.3 Å². The maximum absolute atomic E-state index is 11.9. The first-order valence-corrected chi connectivity index (χ1v) is 8.05. The van der Waals surface area contributed by atoms with Crippen LogP contribution in [0.2, 0.25) is 0 Å². The third-order valence-electron chi connectivity index (χ3n) is 4.29. The smallest absolute Gasteiger partial charge is 0.272 e. The van der Waals surface area contributed by atoms with Crippen LogP contribution >= 0.6 is 0 Å². The summed E-state index contributed by atoms with van der Waals surface area (Å²) in [6.45, 7) is 3.24. The highest BCUT2D eigenvalue weighted by molar-refractivity contribution is 5.83. The molecule has 0 amide bonds. The molecular formula is C18H18N4O2. The molecule has 0 spiro atoms. The molecule has 0 saturated carbocycles. The van der Waals surface area contributed by atoms with Crippen molar-refractivity contribution in [2.45, 2.75) is 6.42 Å². The van der Waals surface area contributed by atoms with Gasteiger partial charge in [0.25, 0.3) is 5.56 Å². The number of hydrogen-bond donors (Lipinski definition) is 1. The molecule has 1 saturated heterocycles. The van der Waals surface area contributed by atoms with E-state index in [4.69, 9.17) is 4.74 Å². The van der Waals surface area contributed by atoms with Crippen molar-refractivity contribution in [3.05, 3.63) is 64.2 Å². The molecule has 0 unspecified atom stereocenters. The number of anilines is 1. The van der Waals surface area contributed by atoms with E-state index in [2.05, 4.69) is 26.1 Å². The van der Waals surface area contributed by atoms with E-state index in [-0.39, 0.29) is 5.56 Å². The lowest BCUT2D eigenvalue weighted by Crippen LogP contribution is -2.36. The number of hydrogen-bond acceptors (Lipinski definition) is 5. The third-order valence-corrected chi connectivity index (χ3v) is 4.29. The maximum Gasteiger partial charge on any atom is 0.272 e. The van der Waals surface area contributed by atoms with Gasteiger partial charge in [-0.25, -0.2) is 10.1 Å². The number of nitrogens with one attached hydrogen (secondary N) is 1. The summed E-state index contributed by atoms with van der Waals surface area (Å²) in [6.07, 6.45) is 2.51. The highest BCUT2D eigenvalue weighted by Gasteiger charge is 2.12. The third kappa shape index (κ3) is 2.88. The summed E-state index contributed by atoms with van der Waals surface area (Å²) in [5.41, 5.74) is 1.76. The Kier molecular flexibility index (Phi) is 3.96. The van der Waals surface area contributed by atoms with Gasteiger partial charge in [0.1, 0.15) is 5.82 Å². The first-order valence-electron chi connectivity index (χ1n) is 8.05. The van der Waals surface area contributed by atoms with Crippen molar-refractivity contribution in [1.82, 2.24) is 15.2 Å². The van der Waals surface area contributed by atoms with E-state index in [1.807, 2.05) is 36.5 Å². The Balaban J connectivity index is 1.59. The Morgan fingerprint density at radius 2 is 1.88 bits per heavy atom. The number of morpholine rings is 1. The molecule has 1 aliphatic rings. The number of H-pyrrole nitrogens is 1. The van der Waals surface area contributed by atoms with Gasteiger partial charge in [-0.2, -0.15) is 5.10 Å². The van der Waals surface area contributed by atoms with Crippen LogP contribution in [0.3, 0.4) is 0 Å². The average Bonchev–Trinajstić information content (AvgIpc) is 2.66. The Bertz CT molecular complexity index is 899. The van der Waals surface area contributed by atoms with Gasteiger partial charge in [0, 0.05) is 31.1 Å². The van der Waals surface area contributed by atoms with Gasteiger partial charge in [0.05, 0.1) is 24.3 Å². The molecular weight excluding hydrogens is 304 g/mol. The molecule has 3 heterocycles. The highest BCUT2D eigenvalue weighted by atomic mass is 16.5. The van der Waals surface area contributed by atoms with Gasteiger partial charge in [-0.15, -0.1) is 0 Å². The molecule has 1 aliphatic heterocycles. The fourth-order valence-electron chi connectivity index (χ4n) is 3.00. The number of fused-ring (bicyclic) bond motifs is 1. The van der Waals surface area contributed by atoms with Crippen molar-refractivity contribution >= 4 is 16.6 Å². The minimum atomic E-state index is -0.157. The quantitative estimate of drug-likeness (QED) is 0.795. The second-order valence-corrected chi connectivity index (χ2v) is 5.85. The van der Waals surface area contributed by atoms with E-state index in [1.54, 1.807) is 0 Å². The first kappa shape index (κ1) is 14.8. The second-order valence-electron chi connectivity index (χ2n) is 5.85. The summed E-state index contributed by atoms with van der Waals surface area (Å²) in [4.78, 5) is 18.6. The van der Waals surface area contributed by atoms with Crippen molar-refractivity contribution in [1.29, 1.82) is 0 Å². The fourth-order valence-corrected chi connectivity index (χ4v) is 3.00. The number of benzene rings is 1. The zero-order valence-corrected chi connectivity index (χ0v) is 13.2. The Labute approximate surface area is 139 Å². The molecule has 0 bridgehead atoms. The highest BCUT2D eigenvalue weighted by Crippen LogP contribution is 2.18. The lowest BCUT2D eigenvalue weighted by molar-refractivity contribution is 0.122. The molecule has 0 aliphatic carbocycles. The maximum atomic E-state index is 11.9. The van der Waals surface area contributed by atoms with E-state index < -0.39 is 0 Å². The van der Waals surface area contributed by atoms with Crippen molar-refractivity contribution in [3.63, 3.8) is 0 Å². The van der Waals surface area contributed by atoms with Gasteiger partial charge in [0.2, 0.25) is 0 Å². The first-order chi connectivity index (χ1) is 11.8. The normalized spacial score (nSPS) is 14.9. The number of aromatic nitrogens is 3. The van der Waals surface area contributed by atoms with Gasteiger partial charge in [-0.1, -0.05) is 24.3 Å². The summed E-state index contributed by atoms with van der Waals surface area (Å²) in [5, 5.41) is 8.35. The van der Waals surface area contributed by atoms with E-state index in [1.165, 1.54) is 0 Å². The Morgan fingerprint density at radius 1 is 1.08 bits per heavy atom. The standard InChI is InChI=1S/C18H18N4O2/c23-18-15-4-2-1-3-14(15)16(20-21-18)11-13-5-6-17(19-12-13)22-7-9-24-10-8-22/h1-6,12H,7-11H2,(H,21,23). The number of ether oxygens (including phenoxy) is 1. The minimum Gasteiger partial charge on any atom is -0.378 e. The molecule has 0 atom stereocenters. The second kappa shape index (κ2) is 6.41. The van der Waals surface area contributed by atoms with Crippen LogP contribution in [0, 0.1) is 0 Å². The van der Waals surface area contributed by atoms with Gasteiger partial charge >= 0.3 is 0 Å². The molecule has 1 aromatic carbocycles. The predicted octanol–water partition coefficient (Wildman–Crippen LogP) is 1.75. The number of aromatic amines is 1. The van der Waals surface area contributed by atoms with Crippen LogP contribution < -0.4 is 10.5 Å². The lowest BCUT2D eigenvalue weighted by atomic mass is 10.1. The van der Waals surface area contributed by atoms with Gasteiger partial charge < -0.3 is 9.64 Å². The molecule has 24 heavy (non-hydrogen) atoms. The van der Waals surface area contributed by atoms with Crippen LogP contribution in [0.25, 0.3) is 10.8 Å². The average molecular weight is 322 g/mol. The summed E-state index contributed by atoms with van der Waals surface area (Å²) in [7, 11) is 0. The van der Waals surface area contributed by atoms with Gasteiger partial charge in [-0.3, -0.25) is 4.79 Å². The summed E-state index contributed by atoms with van der Waals surface area (Å²) < 4.78 is 5.37. The van der Waals surface area contributed by atoms with Crippen LogP contribution in [-0.2, 0) is 11.2 Å². The molecule has 3 aromatic rings. The zero-order valence-electron chi connectivity index (χ0n) is 13.2. The van der Waals surface area contributed by atoms with Gasteiger partial charge in [0.15, 0.2) is 0 Å². The SMILES string of the molecule is O=c1[nH]nc(Cc2ccc(N3CCOCC3)nc2)c2ccccc12. The predicted molar refractivity (Wildman–Crippen MR) is 92.4 cm³/mol. The Morgan fingerprint density at radius 3 is 2.62 bits per heavy atom. The van der Waals surface area contributed by atoms with E-state index in [0.29, 0.717) is 11.8 Å². The Hall–Kier alpha value is -2.73. The monoisotopic (exact) mass is 322 g/mol. The van der Waals surface area contributed by atoms with E-state index in [0.717, 1.165) is 48.8 Å². The van der Waals surface area contributed by atoms with Gasteiger partial charge in [-0.05, 0) is 17.7 Å². The van der Waals surface area contributed by atoms with Crippen LogP contribution in [0.5, 0.6) is 0 Å². The van der Waals surface area contributed by atoms with Crippen molar-refractivity contribution in [3.8, 4) is 0 Å². The van der Waals surface area contributed by atoms with Crippen LogP contribution in [0.4, 0.5) is 5.82 Å². The molecule has 122 valence electrons. The van der Waals surface area contributed by atoms with E-state index in [9.17, 15) is 4.79 Å². The topological polar surface area (TPSA) is 71.1 Å². The summed E-state index contributed by atoms with van der Waals surface area (Å²) in [6, 6.07) is 11.6. The van der Waals surface area contributed by atoms with Crippen LogP contribution in [-0.4, -0.2) is 41.5 Å². The molecule has 4 rings (SSSR count). The zero-order chi connectivity index (χ0) is 16.4. The number of pyridine rings is 1. The molecule has 1 fully saturated rings. The largest absolute Gasteiger partial charge is 0.378 e. The number of nitrogens with zero attached hydrogens (tertiary/aromatic N) is 3. The molecule has 6 heteroatoms. The molecule has 0 radical (unpaired) electrons. The van der Waals surface area contributed by atoms with Crippen molar-refractivity contribution in [2.75, 3.05) is 31.2 Å². The fraction of sp³-hybridized carbons (Fsp3) is 0.278. The summed E-state index contributed by atoms with van der Waals surface area (Å²) >= 11 is 0. The molecule has 2 aromatic heterocycles. The number of rotatable bonds is 3. The molecule has 6 nitrogen and oxygen atoms in total. The minimum absolute atomic E-state index is 0.157. The lowest BCUT2D eigenvalue weighted by Gasteiger charge is -2.27. The molecule has 1 N–H and O–H groups in total. The van der Waals surface area contributed by atoms with Crippen molar-refractivity contribution in [2.24, 2.45) is 0 Å². The van der Waals surface area contributed by atoms with E-state index >= 15 is 0 Å².